The average molecular weight is 421 g/mol. The Hall–Kier alpha value is -3.69. The topological polar surface area (TPSA) is 92.6 Å². The van der Waals surface area contributed by atoms with Crippen LogP contribution in [0.5, 0.6) is 0 Å². The van der Waals surface area contributed by atoms with Crippen LogP contribution in [-0.4, -0.2) is 34.7 Å². The smallest absolute Gasteiger partial charge is 0.330 e. The molecular weight excluding hydrogens is 403 g/mol. The number of nitrogens with one attached hydrogen (secondary N) is 1. The molecule has 1 N–H and O–H groups in total. The highest BCUT2D eigenvalue weighted by Gasteiger charge is 2.33. The Bertz CT molecular complexity index is 957. The first kappa shape index (κ1) is 22.6. The van der Waals surface area contributed by atoms with E-state index in [0.717, 1.165) is 17.0 Å². The minimum absolute atomic E-state index is 0.0931. The van der Waals surface area contributed by atoms with Gasteiger partial charge in [0, 0.05) is 24.8 Å². The van der Waals surface area contributed by atoms with Crippen LogP contribution < -0.4 is 5.32 Å². The number of anilines is 1. The van der Waals surface area contributed by atoms with Crippen LogP contribution in [0.1, 0.15) is 18.1 Å². The molecule has 2 amide bonds. The first-order chi connectivity index (χ1) is 14.1. The summed E-state index contributed by atoms with van der Waals surface area (Å²) in [6.07, 6.45) is -2.02. The molecule has 0 saturated heterocycles. The molecule has 0 saturated carbocycles. The highest BCUT2D eigenvalue weighted by atomic mass is 19.4. The molecule has 0 bridgehead atoms. The number of para-hydroxylation sites is 1. The number of alkyl halides is 3. The summed E-state index contributed by atoms with van der Waals surface area (Å²) in [5.41, 5.74) is -0.927. The number of non-ortho nitro benzene ring substituents is 1. The quantitative estimate of drug-likeness (QED) is 0.414. The Morgan fingerprint density at radius 3 is 2.33 bits per heavy atom. The number of benzene rings is 2. The normalized spacial score (nSPS) is 11.3. The molecule has 10 heteroatoms. The number of carbonyl (C=O) groups is 2. The van der Waals surface area contributed by atoms with Gasteiger partial charge >= 0.3 is 6.18 Å². The molecule has 7 nitrogen and oxygen atoms in total. The van der Waals surface area contributed by atoms with E-state index in [2.05, 4.69) is 5.32 Å². The SMILES string of the molecule is CCN(CC(=O)Nc1ccccc1C(F)(F)F)C(=O)/C=C/c1ccc([N+](=O)[O-])cc1. The Labute approximate surface area is 170 Å². The Balaban J connectivity index is 2.03. The predicted octanol–water partition coefficient (Wildman–Crippen LogP) is 4.11. The molecule has 0 aromatic heterocycles. The van der Waals surface area contributed by atoms with Crippen molar-refractivity contribution in [2.45, 2.75) is 13.1 Å². The molecule has 0 heterocycles. The molecule has 0 spiro atoms. The third-order valence-electron chi connectivity index (χ3n) is 4.06. The highest BCUT2D eigenvalue weighted by Crippen LogP contribution is 2.34. The number of carbonyl (C=O) groups excluding carboxylic acids is 2. The second-order valence-electron chi connectivity index (χ2n) is 6.13. The fraction of sp³-hybridized carbons (Fsp3) is 0.200. The van der Waals surface area contributed by atoms with E-state index in [9.17, 15) is 32.9 Å². The van der Waals surface area contributed by atoms with E-state index < -0.39 is 35.0 Å². The molecule has 0 fully saturated rings. The van der Waals surface area contributed by atoms with E-state index in [1.165, 1.54) is 48.6 Å². The van der Waals surface area contributed by atoms with E-state index in [1.807, 2.05) is 0 Å². The summed E-state index contributed by atoms with van der Waals surface area (Å²) in [4.78, 5) is 35.7. The van der Waals surface area contributed by atoms with Crippen molar-refractivity contribution in [3.8, 4) is 0 Å². The van der Waals surface area contributed by atoms with E-state index >= 15 is 0 Å². The molecule has 0 radical (unpaired) electrons. The number of nitro groups is 1. The minimum atomic E-state index is -4.63. The van der Waals surface area contributed by atoms with Crippen molar-refractivity contribution in [1.29, 1.82) is 0 Å². The maximum absolute atomic E-state index is 13.0. The van der Waals surface area contributed by atoms with Gasteiger partial charge in [-0.05, 0) is 42.8 Å². The van der Waals surface area contributed by atoms with Crippen LogP contribution >= 0.6 is 0 Å². The predicted molar refractivity (Wildman–Crippen MR) is 104 cm³/mol. The third kappa shape index (κ3) is 6.16. The second kappa shape index (κ2) is 9.68. The minimum Gasteiger partial charge on any atom is -0.330 e. The number of likely N-dealkylation sites (N-methyl/N-ethyl adjacent to an activating group) is 1. The van der Waals surface area contributed by atoms with Crippen molar-refractivity contribution in [2.24, 2.45) is 0 Å². The highest BCUT2D eigenvalue weighted by molar-refractivity contribution is 5.98. The molecule has 0 atom stereocenters. The summed E-state index contributed by atoms with van der Waals surface area (Å²) in [6.45, 7) is 1.33. The van der Waals surface area contributed by atoms with Gasteiger partial charge in [-0.2, -0.15) is 13.2 Å². The van der Waals surface area contributed by atoms with Gasteiger partial charge in [-0.15, -0.1) is 0 Å². The molecule has 2 rings (SSSR count). The van der Waals surface area contributed by atoms with Crippen LogP contribution in [0.4, 0.5) is 24.5 Å². The molecule has 2 aromatic carbocycles. The summed E-state index contributed by atoms with van der Waals surface area (Å²) in [7, 11) is 0. The lowest BCUT2D eigenvalue weighted by molar-refractivity contribution is -0.384. The Morgan fingerprint density at radius 1 is 1.13 bits per heavy atom. The molecule has 0 unspecified atom stereocenters. The lowest BCUT2D eigenvalue weighted by Gasteiger charge is -2.19. The lowest BCUT2D eigenvalue weighted by Crippen LogP contribution is -2.37. The van der Waals surface area contributed by atoms with Gasteiger partial charge in [0.2, 0.25) is 11.8 Å². The summed E-state index contributed by atoms with van der Waals surface area (Å²) in [5, 5.41) is 12.8. The van der Waals surface area contributed by atoms with E-state index in [1.54, 1.807) is 6.92 Å². The van der Waals surface area contributed by atoms with Crippen molar-refractivity contribution >= 4 is 29.3 Å². The summed E-state index contributed by atoms with van der Waals surface area (Å²) in [6, 6.07) is 10.0. The summed E-state index contributed by atoms with van der Waals surface area (Å²) >= 11 is 0. The fourth-order valence-electron chi connectivity index (χ4n) is 2.53. The zero-order valence-electron chi connectivity index (χ0n) is 15.8. The third-order valence-corrected chi connectivity index (χ3v) is 4.06. The number of rotatable bonds is 7. The van der Waals surface area contributed by atoms with Crippen LogP contribution in [0, 0.1) is 10.1 Å². The Kier molecular flexibility index (Phi) is 7.29. The molecule has 0 aliphatic carbocycles. The zero-order chi connectivity index (χ0) is 22.3. The van der Waals surface area contributed by atoms with E-state index in [0.29, 0.717) is 5.56 Å². The number of amides is 2. The van der Waals surface area contributed by atoms with Gasteiger partial charge in [0.15, 0.2) is 0 Å². The van der Waals surface area contributed by atoms with Crippen molar-refractivity contribution in [2.75, 3.05) is 18.4 Å². The lowest BCUT2D eigenvalue weighted by atomic mass is 10.1. The number of hydrogen-bond acceptors (Lipinski definition) is 4. The van der Waals surface area contributed by atoms with Gasteiger partial charge in [-0.1, -0.05) is 12.1 Å². The number of nitrogens with zero attached hydrogens (tertiary/aromatic N) is 2. The van der Waals surface area contributed by atoms with Gasteiger partial charge in [-0.3, -0.25) is 19.7 Å². The average Bonchev–Trinajstić information content (AvgIpc) is 2.70. The first-order valence-electron chi connectivity index (χ1n) is 8.79. The van der Waals surface area contributed by atoms with E-state index in [-0.39, 0.29) is 17.9 Å². The molecule has 0 aliphatic heterocycles. The van der Waals surface area contributed by atoms with Crippen LogP contribution in [-0.2, 0) is 15.8 Å². The van der Waals surface area contributed by atoms with Crippen LogP contribution in [0.2, 0.25) is 0 Å². The fourth-order valence-corrected chi connectivity index (χ4v) is 2.53. The number of halogens is 3. The van der Waals surface area contributed by atoms with Crippen molar-refractivity contribution in [3.63, 3.8) is 0 Å². The van der Waals surface area contributed by atoms with Gasteiger partial charge in [-0.25, -0.2) is 0 Å². The number of hydrogen-bond donors (Lipinski definition) is 1. The van der Waals surface area contributed by atoms with E-state index in [4.69, 9.17) is 0 Å². The maximum Gasteiger partial charge on any atom is 0.418 e. The van der Waals surface area contributed by atoms with Crippen LogP contribution in [0.3, 0.4) is 0 Å². The molecule has 0 aliphatic rings. The van der Waals surface area contributed by atoms with Gasteiger partial charge < -0.3 is 10.2 Å². The van der Waals surface area contributed by atoms with Crippen molar-refractivity contribution in [3.05, 3.63) is 75.8 Å². The zero-order valence-corrected chi connectivity index (χ0v) is 15.8. The summed E-state index contributed by atoms with van der Waals surface area (Å²) < 4.78 is 39.1. The van der Waals surface area contributed by atoms with Gasteiger partial charge in [0.25, 0.3) is 5.69 Å². The first-order valence-corrected chi connectivity index (χ1v) is 8.79. The second-order valence-corrected chi connectivity index (χ2v) is 6.13. The van der Waals surface area contributed by atoms with Gasteiger partial charge in [0.05, 0.1) is 16.2 Å². The molecule has 2 aromatic rings. The standard InChI is InChI=1S/C20H18F3N3O4/c1-2-25(19(28)12-9-14-7-10-15(11-8-14)26(29)30)13-18(27)24-17-6-4-3-5-16(17)20(21,22)23/h3-12H,2,13H2,1H3,(H,24,27)/b12-9+. The number of nitro benzene ring substituents is 1. The van der Waals surface area contributed by atoms with Crippen LogP contribution in [0.15, 0.2) is 54.6 Å². The molecular formula is C20H18F3N3O4. The van der Waals surface area contributed by atoms with Crippen LogP contribution in [0.25, 0.3) is 6.08 Å². The Morgan fingerprint density at radius 2 is 1.77 bits per heavy atom. The molecule has 30 heavy (non-hydrogen) atoms. The summed E-state index contributed by atoms with van der Waals surface area (Å²) in [5.74, 6) is -1.30. The monoisotopic (exact) mass is 421 g/mol. The molecule has 158 valence electrons. The van der Waals surface area contributed by atoms with Crippen molar-refractivity contribution < 1.29 is 27.7 Å². The van der Waals surface area contributed by atoms with Crippen molar-refractivity contribution in [1.82, 2.24) is 4.90 Å². The largest absolute Gasteiger partial charge is 0.418 e. The maximum atomic E-state index is 13.0. The van der Waals surface area contributed by atoms with Gasteiger partial charge in [0.1, 0.15) is 6.54 Å².